The highest BCUT2D eigenvalue weighted by Gasteiger charge is 2.23. The smallest absolute Gasteiger partial charge is 0.409 e. The first kappa shape index (κ1) is 18.7. The monoisotopic (exact) mass is 372 g/mol. The first-order chi connectivity index (χ1) is 13.2. The summed E-state index contributed by atoms with van der Waals surface area (Å²) in [5.74, 6) is 1.86. The second-order valence-electron chi connectivity index (χ2n) is 5.87. The van der Waals surface area contributed by atoms with Gasteiger partial charge in [0.1, 0.15) is 5.75 Å². The molecule has 1 fully saturated rings. The molecule has 0 saturated carbocycles. The molecular weight excluding hydrogens is 348 g/mol. The predicted octanol–water partition coefficient (Wildman–Crippen LogP) is 2.29. The number of ether oxygens (including phenoxy) is 2. The number of aromatic nitrogens is 3. The number of rotatable bonds is 6. The Bertz CT molecular complexity index is 764. The average Bonchev–Trinajstić information content (AvgIpc) is 2.70. The molecule has 1 amide bonds. The lowest BCUT2D eigenvalue weighted by Crippen LogP contribution is -2.49. The largest absolute Gasteiger partial charge is 0.492 e. The fraction of sp³-hybridized carbons (Fsp3) is 0.444. The van der Waals surface area contributed by atoms with Crippen molar-refractivity contribution in [3.05, 3.63) is 30.5 Å². The van der Waals surface area contributed by atoms with Gasteiger partial charge in [-0.05, 0) is 26.0 Å². The van der Waals surface area contributed by atoms with Gasteiger partial charge in [-0.3, -0.25) is 0 Å². The molecule has 0 aliphatic carbocycles. The summed E-state index contributed by atoms with van der Waals surface area (Å²) in [6, 6.07) is 7.67. The lowest BCUT2D eigenvalue weighted by molar-refractivity contribution is 0.105. The molecule has 0 radical (unpaired) electrons. The summed E-state index contributed by atoms with van der Waals surface area (Å²) in [6.07, 6.45) is 1.29. The van der Waals surface area contributed by atoms with E-state index in [0.29, 0.717) is 51.2 Å². The molecule has 9 heteroatoms. The molecule has 27 heavy (non-hydrogen) atoms. The van der Waals surface area contributed by atoms with Gasteiger partial charge in [-0.1, -0.05) is 12.1 Å². The molecule has 0 spiro atoms. The summed E-state index contributed by atoms with van der Waals surface area (Å²) in [5, 5.41) is 11.4. The molecule has 1 aliphatic rings. The third-order valence-corrected chi connectivity index (χ3v) is 4.09. The average molecular weight is 372 g/mol. The van der Waals surface area contributed by atoms with E-state index < -0.39 is 0 Å². The number of carbonyl (C=O) groups excluding carboxylic acids is 1. The maximum absolute atomic E-state index is 11.8. The lowest BCUT2D eigenvalue weighted by Gasteiger charge is -2.33. The minimum absolute atomic E-state index is 0.279. The minimum Gasteiger partial charge on any atom is -0.492 e. The van der Waals surface area contributed by atoms with Crippen molar-refractivity contribution in [1.29, 1.82) is 0 Å². The summed E-state index contributed by atoms with van der Waals surface area (Å²) < 4.78 is 10.7. The zero-order valence-electron chi connectivity index (χ0n) is 15.6. The Morgan fingerprint density at radius 2 is 1.93 bits per heavy atom. The quantitative estimate of drug-likeness (QED) is 0.826. The van der Waals surface area contributed by atoms with Crippen LogP contribution in [0.5, 0.6) is 5.75 Å². The van der Waals surface area contributed by atoms with Gasteiger partial charge >= 0.3 is 6.09 Å². The third-order valence-electron chi connectivity index (χ3n) is 4.09. The van der Waals surface area contributed by atoms with E-state index in [9.17, 15) is 4.79 Å². The fourth-order valence-corrected chi connectivity index (χ4v) is 2.78. The fourth-order valence-electron chi connectivity index (χ4n) is 2.78. The van der Waals surface area contributed by atoms with Crippen LogP contribution in [0.4, 0.5) is 22.2 Å². The van der Waals surface area contributed by atoms with E-state index in [1.165, 1.54) is 0 Å². The van der Waals surface area contributed by atoms with Crippen LogP contribution in [0.3, 0.4) is 0 Å². The van der Waals surface area contributed by atoms with Crippen LogP contribution in [-0.4, -0.2) is 65.6 Å². The second-order valence-corrected chi connectivity index (χ2v) is 5.87. The van der Waals surface area contributed by atoms with Gasteiger partial charge in [0.2, 0.25) is 5.95 Å². The number of hydrogen-bond donors (Lipinski definition) is 1. The number of piperazine rings is 1. The van der Waals surface area contributed by atoms with Crippen molar-refractivity contribution in [3.8, 4) is 5.75 Å². The zero-order valence-corrected chi connectivity index (χ0v) is 15.6. The van der Waals surface area contributed by atoms with E-state index in [2.05, 4.69) is 20.5 Å². The van der Waals surface area contributed by atoms with Gasteiger partial charge in [0, 0.05) is 26.2 Å². The molecule has 1 aromatic carbocycles. The summed E-state index contributed by atoms with van der Waals surface area (Å²) in [4.78, 5) is 20.0. The molecule has 0 atom stereocenters. The summed E-state index contributed by atoms with van der Waals surface area (Å²) in [7, 11) is 0. The van der Waals surface area contributed by atoms with Gasteiger partial charge < -0.3 is 24.6 Å². The van der Waals surface area contributed by atoms with E-state index in [0.717, 1.165) is 11.4 Å². The number of para-hydroxylation sites is 2. The van der Waals surface area contributed by atoms with Crippen LogP contribution in [0, 0.1) is 0 Å². The van der Waals surface area contributed by atoms with Gasteiger partial charge in [-0.2, -0.15) is 10.1 Å². The van der Waals surface area contributed by atoms with Crippen molar-refractivity contribution in [2.24, 2.45) is 0 Å². The third kappa shape index (κ3) is 4.75. The number of anilines is 3. The number of hydrogen-bond acceptors (Lipinski definition) is 8. The van der Waals surface area contributed by atoms with E-state index in [1.807, 2.05) is 36.1 Å². The second kappa shape index (κ2) is 9.02. The van der Waals surface area contributed by atoms with Crippen molar-refractivity contribution in [2.45, 2.75) is 13.8 Å². The van der Waals surface area contributed by atoms with Crippen LogP contribution in [0.2, 0.25) is 0 Å². The van der Waals surface area contributed by atoms with Crippen molar-refractivity contribution in [2.75, 3.05) is 49.6 Å². The van der Waals surface area contributed by atoms with E-state index in [1.54, 1.807) is 18.0 Å². The molecule has 1 aromatic heterocycles. The Kier molecular flexibility index (Phi) is 6.24. The molecule has 1 aliphatic heterocycles. The molecule has 0 unspecified atom stereocenters. The topological polar surface area (TPSA) is 92.7 Å². The Labute approximate surface area is 158 Å². The van der Waals surface area contributed by atoms with Crippen LogP contribution >= 0.6 is 0 Å². The molecule has 1 N–H and O–H groups in total. The lowest BCUT2D eigenvalue weighted by atomic mass is 10.3. The number of nitrogens with zero attached hydrogens (tertiary/aromatic N) is 5. The molecule has 2 heterocycles. The maximum Gasteiger partial charge on any atom is 0.409 e. The standard InChI is InChI=1S/C18H24N6O3/c1-3-26-15-8-6-5-7-14(15)20-16-13-19-22-17(21-16)23-9-11-24(12-10-23)18(25)27-4-2/h5-8,13H,3-4,9-12H2,1-2H3,(H,20,21,22). The zero-order chi connectivity index (χ0) is 19.1. The Morgan fingerprint density at radius 1 is 1.15 bits per heavy atom. The van der Waals surface area contributed by atoms with Crippen molar-refractivity contribution in [3.63, 3.8) is 0 Å². The van der Waals surface area contributed by atoms with Gasteiger partial charge in [-0.15, -0.1) is 5.10 Å². The van der Waals surface area contributed by atoms with Crippen LogP contribution in [0.25, 0.3) is 0 Å². The predicted molar refractivity (Wildman–Crippen MR) is 102 cm³/mol. The van der Waals surface area contributed by atoms with E-state index >= 15 is 0 Å². The van der Waals surface area contributed by atoms with E-state index in [-0.39, 0.29) is 6.09 Å². The van der Waals surface area contributed by atoms with E-state index in [4.69, 9.17) is 9.47 Å². The van der Waals surface area contributed by atoms with Crippen LogP contribution in [-0.2, 0) is 4.74 Å². The Morgan fingerprint density at radius 3 is 2.67 bits per heavy atom. The van der Waals surface area contributed by atoms with Crippen LogP contribution < -0.4 is 15.0 Å². The Balaban J connectivity index is 1.66. The number of carbonyl (C=O) groups is 1. The van der Waals surface area contributed by atoms with Crippen molar-refractivity contribution in [1.82, 2.24) is 20.1 Å². The molecule has 9 nitrogen and oxygen atoms in total. The van der Waals surface area contributed by atoms with Crippen molar-refractivity contribution < 1.29 is 14.3 Å². The van der Waals surface area contributed by atoms with Gasteiger partial charge in [0.15, 0.2) is 5.82 Å². The molecule has 1 saturated heterocycles. The minimum atomic E-state index is -0.279. The van der Waals surface area contributed by atoms with Gasteiger partial charge in [-0.25, -0.2) is 4.79 Å². The first-order valence-electron chi connectivity index (χ1n) is 9.06. The highest BCUT2D eigenvalue weighted by atomic mass is 16.6. The summed E-state index contributed by atoms with van der Waals surface area (Å²) in [5.41, 5.74) is 0.818. The number of nitrogens with one attached hydrogen (secondary N) is 1. The summed E-state index contributed by atoms with van der Waals surface area (Å²) in [6.45, 7) is 7.08. The van der Waals surface area contributed by atoms with Crippen molar-refractivity contribution >= 4 is 23.5 Å². The molecule has 0 bridgehead atoms. The molecular formula is C18H24N6O3. The van der Waals surface area contributed by atoms with Crippen LogP contribution in [0.1, 0.15) is 13.8 Å². The summed E-state index contributed by atoms with van der Waals surface area (Å²) >= 11 is 0. The van der Waals surface area contributed by atoms with Crippen LogP contribution in [0.15, 0.2) is 30.5 Å². The first-order valence-corrected chi connectivity index (χ1v) is 9.06. The number of benzene rings is 1. The Hall–Kier alpha value is -3.10. The van der Waals surface area contributed by atoms with Gasteiger partial charge in [0.25, 0.3) is 0 Å². The van der Waals surface area contributed by atoms with Gasteiger partial charge in [0.05, 0.1) is 25.1 Å². The maximum atomic E-state index is 11.8. The highest BCUT2D eigenvalue weighted by molar-refractivity contribution is 5.68. The SMILES string of the molecule is CCOC(=O)N1CCN(c2nncc(Nc3ccccc3OCC)n2)CC1. The number of amides is 1. The normalized spacial score (nSPS) is 14.0. The molecule has 144 valence electrons. The molecule has 3 rings (SSSR count). The molecule has 2 aromatic rings. The highest BCUT2D eigenvalue weighted by Crippen LogP contribution is 2.26.